The second-order valence-corrected chi connectivity index (χ2v) is 2.07. The van der Waals surface area contributed by atoms with Crippen LogP contribution in [0.5, 0.6) is 0 Å². The summed E-state index contributed by atoms with van der Waals surface area (Å²) >= 11 is -6.62. The second kappa shape index (κ2) is 1.09. The third-order valence-corrected chi connectivity index (χ3v) is 0. The van der Waals surface area contributed by atoms with Crippen molar-refractivity contribution in [1.29, 1.82) is 0 Å². The van der Waals surface area contributed by atoms with Gasteiger partial charge in [-0.1, -0.05) is 0 Å². The number of rotatable bonds is 0. The minimum absolute atomic E-state index is 6.62. The second-order valence-electron chi connectivity index (χ2n) is 0.399. The zero-order chi connectivity index (χ0) is 4.50. The van der Waals surface area contributed by atoms with Crippen LogP contribution in [0.15, 0.2) is 0 Å². The van der Waals surface area contributed by atoms with Gasteiger partial charge in [0, 0.05) is 0 Å². The first-order valence-electron chi connectivity index (χ1n) is 0.690. The van der Waals surface area contributed by atoms with Crippen LogP contribution < -0.4 is 0 Å². The van der Waals surface area contributed by atoms with E-state index in [4.69, 9.17) is 3.74 Å². The zero-order valence-electron chi connectivity index (χ0n) is 1.99. The average molecular weight is 148 g/mol. The van der Waals surface area contributed by atoms with Gasteiger partial charge in [-0.05, 0) is 0 Å². The molecular formula is AsF3O. The van der Waals surface area contributed by atoms with Gasteiger partial charge < -0.3 is 0 Å². The molecule has 1 nitrogen and oxygen atoms in total. The van der Waals surface area contributed by atoms with Crippen LogP contribution in [-0.4, -0.2) is 14.9 Å². The fourth-order valence-corrected chi connectivity index (χ4v) is 0. The molecule has 5 heteroatoms. The molecule has 0 aromatic carbocycles. The van der Waals surface area contributed by atoms with E-state index < -0.39 is 14.9 Å². The van der Waals surface area contributed by atoms with Gasteiger partial charge in [0.05, 0.1) is 0 Å². The van der Waals surface area contributed by atoms with Gasteiger partial charge >= 0.3 is 29.0 Å². The van der Waals surface area contributed by atoms with E-state index in [0.29, 0.717) is 0 Å². The molecule has 0 spiro atoms. The van der Waals surface area contributed by atoms with Crippen LogP contribution in [0.4, 0.5) is 10.4 Å². The van der Waals surface area contributed by atoms with E-state index in [2.05, 4.69) is 0 Å². The van der Waals surface area contributed by atoms with Crippen molar-refractivity contribution >= 4 is 14.9 Å². The molecule has 0 N–H and O–H groups in total. The van der Waals surface area contributed by atoms with Crippen molar-refractivity contribution in [1.82, 2.24) is 0 Å². The van der Waals surface area contributed by atoms with Crippen LogP contribution in [0.25, 0.3) is 0 Å². The van der Waals surface area contributed by atoms with Gasteiger partial charge in [0.15, 0.2) is 0 Å². The first-order valence-corrected chi connectivity index (χ1v) is 3.58. The monoisotopic (exact) mass is 148 g/mol. The van der Waals surface area contributed by atoms with Crippen molar-refractivity contribution in [2.75, 3.05) is 0 Å². The Morgan fingerprint density at radius 2 is 1.20 bits per heavy atom. The van der Waals surface area contributed by atoms with Crippen molar-refractivity contribution in [3.8, 4) is 0 Å². The quantitative estimate of drug-likeness (QED) is 0.463. The predicted octanol–water partition coefficient (Wildman–Crippen LogP) is 0.761. The third kappa shape index (κ3) is 869. The SMILES string of the molecule is O=[As](F)(F)F. The normalized spacial score (nSPS) is 11.8. The maximum atomic E-state index is 9.97. The summed E-state index contributed by atoms with van der Waals surface area (Å²) < 4.78 is 38.2. The first kappa shape index (κ1) is 5.15. The Morgan fingerprint density at radius 3 is 1.20 bits per heavy atom. The summed E-state index contributed by atoms with van der Waals surface area (Å²) in [5, 5.41) is 0. The number of hydrogen-bond donors (Lipinski definition) is 0. The van der Waals surface area contributed by atoms with Gasteiger partial charge in [0.2, 0.25) is 0 Å². The van der Waals surface area contributed by atoms with Gasteiger partial charge in [-0.15, -0.1) is 0 Å². The molecule has 0 radical (unpaired) electrons. The summed E-state index contributed by atoms with van der Waals surface area (Å²) in [7, 11) is 0. The molecule has 0 aromatic heterocycles. The molecule has 0 aliphatic heterocycles. The molecular weight excluding hydrogens is 148 g/mol. The fraction of sp³-hybridized carbons (Fsp3) is 0. The molecule has 0 heterocycles. The van der Waals surface area contributed by atoms with E-state index in [1.807, 2.05) is 0 Å². The summed E-state index contributed by atoms with van der Waals surface area (Å²) in [6, 6.07) is 0. The molecule has 0 aromatic rings. The predicted molar refractivity (Wildman–Crippen MR) is 9.76 cm³/mol. The Kier molecular flexibility index (Phi) is 1.12. The van der Waals surface area contributed by atoms with Crippen LogP contribution in [0.2, 0.25) is 0 Å². The molecule has 0 aliphatic rings. The molecule has 0 saturated heterocycles. The summed E-state index contributed by atoms with van der Waals surface area (Å²) in [6.07, 6.45) is 0. The first-order chi connectivity index (χ1) is 2.00. The molecule has 0 atom stereocenters. The van der Waals surface area contributed by atoms with Gasteiger partial charge in [-0.25, -0.2) is 0 Å². The third-order valence-electron chi connectivity index (χ3n) is 0. The Morgan fingerprint density at radius 1 is 1.20 bits per heavy atom. The molecule has 32 valence electrons. The van der Waals surface area contributed by atoms with E-state index >= 15 is 0 Å². The van der Waals surface area contributed by atoms with E-state index in [1.54, 1.807) is 0 Å². The maximum absolute atomic E-state index is 9.97. The summed E-state index contributed by atoms with van der Waals surface area (Å²) in [5.74, 6) is 0. The van der Waals surface area contributed by atoms with Gasteiger partial charge in [-0.3, -0.25) is 0 Å². The van der Waals surface area contributed by atoms with Gasteiger partial charge in [0.25, 0.3) is 0 Å². The van der Waals surface area contributed by atoms with Crippen LogP contribution in [-0.2, 0) is 3.74 Å². The van der Waals surface area contributed by atoms with Gasteiger partial charge in [-0.2, -0.15) is 0 Å². The zero-order valence-corrected chi connectivity index (χ0v) is 3.87. The van der Waals surface area contributed by atoms with Crippen molar-refractivity contribution in [2.24, 2.45) is 0 Å². The van der Waals surface area contributed by atoms with Crippen molar-refractivity contribution < 1.29 is 14.1 Å². The van der Waals surface area contributed by atoms with Gasteiger partial charge in [0.1, 0.15) is 0 Å². The number of hydrogen-bond acceptors (Lipinski definition) is 1. The van der Waals surface area contributed by atoms with E-state index in [1.165, 1.54) is 0 Å². The molecule has 0 amide bonds. The Balaban J connectivity index is 3.47. The van der Waals surface area contributed by atoms with E-state index in [9.17, 15) is 10.4 Å². The summed E-state index contributed by atoms with van der Waals surface area (Å²) in [4.78, 5) is 0. The topological polar surface area (TPSA) is 17.1 Å². The fourth-order valence-electron chi connectivity index (χ4n) is 0. The van der Waals surface area contributed by atoms with Crippen LogP contribution in [0.1, 0.15) is 0 Å². The van der Waals surface area contributed by atoms with Crippen molar-refractivity contribution in [2.45, 2.75) is 0 Å². The van der Waals surface area contributed by atoms with E-state index in [0.717, 1.165) is 0 Å². The molecule has 0 bridgehead atoms. The molecule has 0 saturated carbocycles. The molecule has 0 aliphatic carbocycles. The molecule has 0 fully saturated rings. The van der Waals surface area contributed by atoms with Crippen LogP contribution >= 0.6 is 0 Å². The average Bonchev–Trinajstić information content (AvgIpc) is 0.722. The van der Waals surface area contributed by atoms with Crippen molar-refractivity contribution in [3.63, 3.8) is 0 Å². The minimum atomic E-state index is -6.62. The molecule has 0 unspecified atom stereocenters. The van der Waals surface area contributed by atoms with Crippen molar-refractivity contribution in [3.05, 3.63) is 0 Å². The van der Waals surface area contributed by atoms with E-state index in [-0.39, 0.29) is 0 Å². The summed E-state index contributed by atoms with van der Waals surface area (Å²) in [6.45, 7) is 0. The Hall–Kier alpha value is 0.148. The molecule has 5 heavy (non-hydrogen) atoms. The summed E-state index contributed by atoms with van der Waals surface area (Å²) in [5.41, 5.74) is 0. The Bertz CT molecular complexity index is 53.0. The number of halogens is 3. The van der Waals surface area contributed by atoms with Crippen LogP contribution in [0, 0.1) is 0 Å². The molecule has 0 rings (SSSR count). The van der Waals surface area contributed by atoms with Crippen LogP contribution in [0.3, 0.4) is 0 Å². The standard InChI is InChI=1S/AsF3O/c2-1(3,4)5. The Labute approximate surface area is 30.0 Å².